The molecule has 114 valence electrons. The zero-order chi connectivity index (χ0) is 15.9. The van der Waals surface area contributed by atoms with Crippen molar-refractivity contribution in [2.75, 3.05) is 5.32 Å². The van der Waals surface area contributed by atoms with Crippen LogP contribution in [-0.2, 0) is 13.1 Å². The molecular formula is C16H19N5O. The maximum atomic E-state index is 11.9. The smallest absolute Gasteiger partial charge is 0.319 e. The van der Waals surface area contributed by atoms with Crippen molar-refractivity contribution in [2.24, 2.45) is 0 Å². The molecule has 0 fully saturated rings. The molecule has 0 aliphatic rings. The van der Waals surface area contributed by atoms with Crippen LogP contribution in [0.4, 0.5) is 10.5 Å². The highest BCUT2D eigenvalue weighted by atomic mass is 16.2. The number of nitriles is 1. The van der Waals surface area contributed by atoms with Gasteiger partial charge in [0.1, 0.15) is 5.82 Å². The molecule has 1 heterocycles. The van der Waals surface area contributed by atoms with Crippen LogP contribution in [0.5, 0.6) is 0 Å². The Hall–Kier alpha value is -2.81. The van der Waals surface area contributed by atoms with Gasteiger partial charge in [-0.25, -0.2) is 9.78 Å². The second kappa shape index (κ2) is 7.27. The summed E-state index contributed by atoms with van der Waals surface area (Å²) in [5.41, 5.74) is 2.03. The molecule has 2 aromatic rings. The standard InChI is InChI=1S/C16H19N5O/c1-3-7-21-8-6-18-15(21)11-19-16(22)20-14-5-4-12(2)13(9-14)10-17/h4-6,8-9H,3,7,11H2,1-2H3,(H2,19,20,22). The summed E-state index contributed by atoms with van der Waals surface area (Å²) in [4.78, 5) is 16.1. The molecular weight excluding hydrogens is 278 g/mol. The van der Waals surface area contributed by atoms with E-state index in [1.165, 1.54) is 0 Å². The highest BCUT2D eigenvalue weighted by molar-refractivity contribution is 5.89. The van der Waals surface area contributed by atoms with E-state index in [1.807, 2.05) is 23.8 Å². The fourth-order valence-electron chi connectivity index (χ4n) is 2.11. The Labute approximate surface area is 129 Å². The molecule has 2 rings (SSSR count). The second-order valence-electron chi connectivity index (χ2n) is 4.99. The number of nitrogens with one attached hydrogen (secondary N) is 2. The van der Waals surface area contributed by atoms with Crippen molar-refractivity contribution in [1.29, 1.82) is 5.26 Å². The van der Waals surface area contributed by atoms with E-state index in [0.717, 1.165) is 24.4 Å². The minimum Gasteiger partial charge on any atom is -0.333 e. The summed E-state index contributed by atoms with van der Waals surface area (Å²) in [6, 6.07) is 7.02. The van der Waals surface area contributed by atoms with Crippen LogP contribution in [0.15, 0.2) is 30.6 Å². The van der Waals surface area contributed by atoms with E-state index in [9.17, 15) is 4.79 Å². The number of hydrogen-bond donors (Lipinski definition) is 2. The maximum absolute atomic E-state index is 11.9. The summed E-state index contributed by atoms with van der Waals surface area (Å²) >= 11 is 0. The van der Waals surface area contributed by atoms with Crippen molar-refractivity contribution in [1.82, 2.24) is 14.9 Å². The van der Waals surface area contributed by atoms with Gasteiger partial charge in [-0.15, -0.1) is 0 Å². The molecule has 2 N–H and O–H groups in total. The number of hydrogen-bond acceptors (Lipinski definition) is 3. The Morgan fingerprint density at radius 2 is 2.27 bits per heavy atom. The third kappa shape index (κ3) is 3.85. The molecule has 0 aliphatic heterocycles. The van der Waals surface area contributed by atoms with Gasteiger partial charge in [0, 0.05) is 24.6 Å². The molecule has 0 saturated heterocycles. The predicted octanol–water partition coefficient (Wildman–Crippen LogP) is 2.79. The molecule has 0 radical (unpaired) electrons. The van der Waals surface area contributed by atoms with E-state index >= 15 is 0 Å². The average Bonchev–Trinajstić information content (AvgIpc) is 2.95. The monoisotopic (exact) mass is 297 g/mol. The van der Waals surface area contributed by atoms with E-state index in [2.05, 4.69) is 28.6 Å². The first-order valence-electron chi connectivity index (χ1n) is 7.19. The van der Waals surface area contributed by atoms with Gasteiger partial charge in [-0.1, -0.05) is 13.0 Å². The second-order valence-corrected chi connectivity index (χ2v) is 4.99. The average molecular weight is 297 g/mol. The van der Waals surface area contributed by atoms with Gasteiger partial charge in [0.2, 0.25) is 0 Å². The molecule has 2 amide bonds. The number of amides is 2. The normalized spacial score (nSPS) is 10.0. The van der Waals surface area contributed by atoms with Crippen LogP contribution in [0, 0.1) is 18.3 Å². The molecule has 0 spiro atoms. The number of aromatic nitrogens is 2. The molecule has 0 aliphatic carbocycles. The third-order valence-corrected chi connectivity index (χ3v) is 3.29. The number of anilines is 1. The van der Waals surface area contributed by atoms with Gasteiger partial charge in [0.25, 0.3) is 0 Å². The Balaban J connectivity index is 1.93. The van der Waals surface area contributed by atoms with E-state index in [-0.39, 0.29) is 6.03 Å². The highest BCUT2D eigenvalue weighted by Gasteiger charge is 2.07. The number of nitrogens with zero attached hydrogens (tertiary/aromatic N) is 3. The van der Waals surface area contributed by atoms with E-state index in [0.29, 0.717) is 17.8 Å². The lowest BCUT2D eigenvalue weighted by Gasteiger charge is -2.10. The minimum absolute atomic E-state index is 0.321. The summed E-state index contributed by atoms with van der Waals surface area (Å²) in [6.07, 6.45) is 4.64. The summed E-state index contributed by atoms with van der Waals surface area (Å²) in [5, 5.41) is 14.5. The molecule has 6 heteroatoms. The molecule has 0 saturated carbocycles. The molecule has 1 aromatic carbocycles. The highest BCUT2D eigenvalue weighted by Crippen LogP contribution is 2.14. The van der Waals surface area contributed by atoms with Crippen molar-refractivity contribution in [3.05, 3.63) is 47.5 Å². The first-order chi connectivity index (χ1) is 10.6. The van der Waals surface area contributed by atoms with Crippen molar-refractivity contribution < 1.29 is 4.79 Å². The first kappa shape index (κ1) is 15.6. The molecule has 0 unspecified atom stereocenters. The maximum Gasteiger partial charge on any atom is 0.319 e. The van der Waals surface area contributed by atoms with Crippen LogP contribution >= 0.6 is 0 Å². The Morgan fingerprint density at radius 1 is 1.45 bits per heavy atom. The fourth-order valence-corrected chi connectivity index (χ4v) is 2.11. The largest absolute Gasteiger partial charge is 0.333 e. The van der Waals surface area contributed by atoms with E-state index in [1.54, 1.807) is 18.3 Å². The van der Waals surface area contributed by atoms with Gasteiger partial charge in [0.05, 0.1) is 18.2 Å². The zero-order valence-corrected chi connectivity index (χ0v) is 12.8. The van der Waals surface area contributed by atoms with Gasteiger partial charge in [-0.2, -0.15) is 5.26 Å². The molecule has 22 heavy (non-hydrogen) atoms. The lowest BCUT2D eigenvalue weighted by molar-refractivity contribution is 0.251. The predicted molar refractivity (Wildman–Crippen MR) is 84.3 cm³/mol. The van der Waals surface area contributed by atoms with Crippen LogP contribution in [0.3, 0.4) is 0 Å². The first-order valence-corrected chi connectivity index (χ1v) is 7.19. The van der Waals surface area contributed by atoms with Crippen molar-refractivity contribution in [3.8, 4) is 6.07 Å². The number of aryl methyl sites for hydroxylation is 2. The molecule has 1 aromatic heterocycles. The molecule has 0 atom stereocenters. The quantitative estimate of drug-likeness (QED) is 0.890. The number of benzene rings is 1. The number of urea groups is 1. The Kier molecular flexibility index (Phi) is 5.15. The van der Waals surface area contributed by atoms with Gasteiger partial charge in [0.15, 0.2) is 0 Å². The number of imidazole rings is 1. The van der Waals surface area contributed by atoms with Crippen LogP contribution in [0.2, 0.25) is 0 Å². The van der Waals surface area contributed by atoms with Gasteiger partial charge in [-0.3, -0.25) is 0 Å². The van der Waals surface area contributed by atoms with Crippen LogP contribution in [0.1, 0.15) is 30.3 Å². The summed E-state index contributed by atoms with van der Waals surface area (Å²) < 4.78 is 2.01. The summed E-state index contributed by atoms with van der Waals surface area (Å²) in [7, 11) is 0. The molecule has 6 nitrogen and oxygen atoms in total. The van der Waals surface area contributed by atoms with E-state index < -0.39 is 0 Å². The van der Waals surface area contributed by atoms with Gasteiger partial charge in [-0.05, 0) is 31.0 Å². The number of carbonyl (C=O) groups excluding carboxylic acids is 1. The topological polar surface area (TPSA) is 82.7 Å². The van der Waals surface area contributed by atoms with Gasteiger partial charge < -0.3 is 15.2 Å². The van der Waals surface area contributed by atoms with Crippen molar-refractivity contribution >= 4 is 11.7 Å². The minimum atomic E-state index is -0.321. The summed E-state index contributed by atoms with van der Waals surface area (Å²) in [5.74, 6) is 0.818. The van der Waals surface area contributed by atoms with Crippen LogP contribution in [0.25, 0.3) is 0 Å². The zero-order valence-electron chi connectivity index (χ0n) is 12.8. The number of carbonyl (C=O) groups is 1. The van der Waals surface area contributed by atoms with Crippen molar-refractivity contribution in [2.45, 2.75) is 33.4 Å². The number of rotatable bonds is 5. The van der Waals surface area contributed by atoms with Crippen molar-refractivity contribution in [3.63, 3.8) is 0 Å². The van der Waals surface area contributed by atoms with Gasteiger partial charge >= 0.3 is 6.03 Å². The van der Waals surface area contributed by atoms with Crippen LogP contribution < -0.4 is 10.6 Å². The fraction of sp³-hybridized carbons (Fsp3) is 0.312. The Morgan fingerprint density at radius 3 is 3.00 bits per heavy atom. The van der Waals surface area contributed by atoms with Crippen LogP contribution in [-0.4, -0.2) is 15.6 Å². The lowest BCUT2D eigenvalue weighted by Crippen LogP contribution is -2.29. The van der Waals surface area contributed by atoms with E-state index in [4.69, 9.17) is 5.26 Å². The summed E-state index contributed by atoms with van der Waals surface area (Å²) in [6.45, 7) is 5.18. The lowest BCUT2D eigenvalue weighted by atomic mass is 10.1. The molecule has 0 bridgehead atoms. The SMILES string of the molecule is CCCn1ccnc1CNC(=O)Nc1ccc(C)c(C#N)c1. The Bertz CT molecular complexity index is 699. The third-order valence-electron chi connectivity index (χ3n) is 3.29.